The number of ether oxygens (including phenoxy) is 2. The number of aromatic nitrogens is 1. The van der Waals surface area contributed by atoms with Gasteiger partial charge in [-0.1, -0.05) is 25.2 Å². The Morgan fingerprint density at radius 1 is 1.25 bits per heavy atom. The summed E-state index contributed by atoms with van der Waals surface area (Å²) in [4.78, 5) is 40.6. The molecule has 2 aromatic rings. The molecule has 148 valence electrons. The van der Waals surface area contributed by atoms with Crippen LogP contribution >= 0.6 is 11.3 Å². The summed E-state index contributed by atoms with van der Waals surface area (Å²) in [7, 11) is 2.72. The number of anilines is 1. The van der Waals surface area contributed by atoms with Crippen molar-refractivity contribution >= 4 is 33.8 Å². The summed E-state index contributed by atoms with van der Waals surface area (Å²) < 4.78 is 10.2. The van der Waals surface area contributed by atoms with Crippen LogP contribution in [0.5, 0.6) is 11.5 Å². The maximum absolute atomic E-state index is 12.7. The van der Waals surface area contributed by atoms with E-state index in [9.17, 15) is 19.7 Å². The number of benzene rings is 1. The van der Waals surface area contributed by atoms with Crippen molar-refractivity contribution in [3.05, 3.63) is 38.4 Å². The Labute approximate surface area is 164 Å². The fourth-order valence-electron chi connectivity index (χ4n) is 3.14. The summed E-state index contributed by atoms with van der Waals surface area (Å²) in [6, 6.07) is 2.38. The third-order valence-corrected chi connectivity index (χ3v) is 5.45. The van der Waals surface area contributed by atoms with E-state index in [0.717, 1.165) is 17.4 Å². The van der Waals surface area contributed by atoms with E-state index in [-0.39, 0.29) is 33.4 Å². The van der Waals surface area contributed by atoms with E-state index in [0.29, 0.717) is 23.4 Å². The highest BCUT2D eigenvalue weighted by Gasteiger charge is 2.34. The average Bonchev–Trinajstić information content (AvgIpc) is 3.01. The molecule has 10 heteroatoms. The first-order chi connectivity index (χ1) is 13.1. The lowest BCUT2D eigenvalue weighted by Gasteiger charge is -2.26. The first kappa shape index (κ1) is 19.7. The molecule has 0 bridgehead atoms. The molecule has 3 rings (SSSR count). The van der Waals surface area contributed by atoms with Gasteiger partial charge >= 0.3 is 0 Å². The SMILES string of the molecule is COc1cc(C(=O)Nc2nc3c(s2)C(=O)CC(C)(C)C3)c([N+](=O)[O-])cc1OC. The zero-order valence-corrected chi connectivity index (χ0v) is 16.6. The number of ketones is 1. The average molecular weight is 405 g/mol. The van der Waals surface area contributed by atoms with E-state index in [1.54, 1.807) is 0 Å². The molecule has 1 aromatic heterocycles. The number of amides is 1. The Morgan fingerprint density at radius 3 is 2.50 bits per heavy atom. The van der Waals surface area contributed by atoms with E-state index in [1.165, 1.54) is 20.3 Å². The molecule has 1 aliphatic rings. The minimum atomic E-state index is -0.717. The molecule has 1 heterocycles. The number of nitro benzene ring substituents is 1. The van der Waals surface area contributed by atoms with E-state index < -0.39 is 16.5 Å². The van der Waals surface area contributed by atoms with Gasteiger partial charge in [0.1, 0.15) is 5.56 Å². The van der Waals surface area contributed by atoms with Gasteiger partial charge in [-0.2, -0.15) is 0 Å². The highest BCUT2D eigenvalue weighted by molar-refractivity contribution is 7.17. The molecule has 1 aromatic carbocycles. The van der Waals surface area contributed by atoms with E-state index in [4.69, 9.17) is 9.47 Å². The Bertz CT molecular complexity index is 982. The van der Waals surface area contributed by atoms with Crippen LogP contribution in [0.25, 0.3) is 0 Å². The van der Waals surface area contributed by atoms with Gasteiger partial charge < -0.3 is 9.47 Å². The number of fused-ring (bicyclic) bond motifs is 1. The smallest absolute Gasteiger partial charge is 0.286 e. The maximum Gasteiger partial charge on any atom is 0.286 e. The number of thiazole rings is 1. The number of carbonyl (C=O) groups excluding carboxylic acids is 2. The van der Waals surface area contributed by atoms with Crippen LogP contribution in [0.15, 0.2) is 12.1 Å². The summed E-state index contributed by atoms with van der Waals surface area (Å²) in [5.74, 6) is -0.399. The number of hydrogen-bond donors (Lipinski definition) is 1. The molecule has 1 amide bonds. The van der Waals surface area contributed by atoms with Gasteiger partial charge in [-0.25, -0.2) is 4.98 Å². The second-order valence-electron chi connectivity index (χ2n) is 7.17. The molecule has 0 saturated carbocycles. The van der Waals surface area contributed by atoms with Crippen molar-refractivity contribution < 1.29 is 24.0 Å². The highest BCUT2D eigenvalue weighted by atomic mass is 32.1. The van der Waals surface area contributed by atoms with Crippen molar-refractivity contribution in [2.75, 3.05) is 19.5 Å². The van der Waals surface area contributed by atoms with Crippen LogP contribution in [0.3, 0.4) is 0 Å². The number of nitrogens with zero attached hydrogens (tertiary/aromatic N) is 2. The number of nitrogens with one attached hydrogen (secondary N) is 1. The number of nitro groups is 1. The molecular formula is C18H19N3O6S. The number of carbonyl (C=O) groups is 2. The number of Topliss-reactive ketones (excluding diaryl/α,β-unsaturated/α-hetero) is 1. The van der Waals surface area contributed by atoms with Crippen molar-refractivity contribution in [2.45, 2.75) is 26.7 Å². The van der Waals surface area contributed by atoms with Gasteiger partial charge in [0.05, 0.1) is 35.8 Å². The predicted octanol–water partition coefficient (Wildman–Crippen LogP) is 3.48. The molecule has 0 saturated heterocycles. The first-order valence-corrected chi connectivity index (χ1v) is 9.21. The van der Waals surface area contributed by atoms with Gasteiger partial charge in [-0.15, -0.1) is 0 Å². The van der Waals surface area contributed by atoms with Crippen LogP contribution in [0, 0.1) is 15.5 Å². The second-order valence-corrected chi connectivity index (χ2v) is 8.17. The zero-order valence-electron chi connectivity index (χ0n) is 15.8. The number of methoxy groups -OCH3 is 2. The Morgan fingerprint density at radius 2 is 1.89 bits per heavy atom. The van der Waals surface area contributed by atoms with Crippen LogP contribution in [-0.2, 0) is 6.42 Å². The molecule has 0 atom stereocenters. The molecule has 0 aliphatic heterocycles. The summed E-state index contributed by atoms with van der Waals surface area (Å²) in [6.07, 6.45) is 1.04. The Kier molecular flexibility index (Phi) is 5.07. The standard InChI is InChI=1S/C18H19N3O6S/c1-18(2)7-10-15(12(22)8-18)28-17(19-10)20-16(23)9-5-13(26-3)14(27-4)6-11(9)21(24)25/h5-6H,7-8H2,1-4H3,(H,19,20,23). The summed E-state index contributed by atoms with van der Waals surface area (Å²) in [6.45, 7) is 3.97. The third kappa shape index (κ3) is 3.68. The summed E-state index contributed by atoms with van der Waals surface area (Å²) in [5, 5.41) is 14.2. The van der Waals surface area contributed by atoms with Crippen LogP contribution in [0.4, 0.5) is 10.8 Å². The van der Waals surface area contributed by atoms with Gasteiger partial charge in [0.25, 0.3) is 11.6 Å². The number of rotatable bonds is 5. The summed E-state index contributed by atoms with van der Waals surface area (Å²) >= 11 is 1.08. The molecule has 0 unspecified atom stereocenters. The van der Waals surface area contributed by atoms with Gasteiger partial charge in [0.2, 0.25) is 0 Å². The van der Waals surface area contributed by atoms with Crippen molar-refractivity contribution in [1.82, 2.24) is 4.98 Å². The van der Waals surface area contributed by atoms with Gasteiger partial charge in [0.15, 0.2) is 22.4 Å². The molecule has 1 N–H and O–H groups in total. The highest BCUT2D eigenvalue weighted by Crippen LogP contribution is 2.39. The van der Waals surface area contributed by atoms with Gasteiger partial charge in [-0.3, -0.25) is 25.0 Å². The Hall–Kier alpha value is -3.01. The minimum absolute atomic E-state index is 0.0126. The Balaban J connectivity index is 1.94. The molecule has 0 radical (unpaired) electrons. The molecular weight excluding hydrogens is 386 g/mol. The zero-order chi connectivity index (χ0) is 20.6. The number of hydrogen-bond acceptors (Lipinski definition) is 8. The van der Waals surface area contributed by atoms with Crippen molar-refractivity contribution in [2.24, 2.45) is 5.41 Å². The van der Waals surface area contributed by atoms with Crippen molar-refractivity contribution in [3.8, 4) is 11.5 Å². The van der Waals surface area contributed by atoms with E-state index in [2.05, 4.69) is 10.3 Å². The molecule has 1 aliphatic carbocycles. The molecule has 0 spiro atoms. The lowest BCUT2D eigenvalue weighted by atomic mass is 9.78. The van der Waals surface area contributed by atoms with Crippen molar-refractivity contribution in [1.29, 1.82) is 0 Å². The fourth-order valence-corrected chi connectivity index (χ4v) is 4.05. The topological polar surface area (TPSA) is 121 Å². The molecule has 9 nitrogen and oxygen atoms in total. The quantitative estimate of drug-likeness (QED) is 0.597. The second kappa shape index (κ2) is 7.19. The van der Waals surface area contributed by atoms with E-state index in [1.807, 2.05) is 13.8 Å². The molecule has 28 heavy (non-hydrogen) atoms. The van der Waals surface area contributed by atoms with Crippen LogP contribution in [-0.4, -0.2) is 35.8 Å². The fraction of sp³-hybridized carbons (Fsp3) is 0.389. The van der Waals surface area contributed by atoms with E-state index >= 15 is 0 Å². The maximum atomic E-state index is 12.7. The first-order valence-electron chi connectivity index (χ1n) is 8.40. The molecule has 0 fully saturated rings. The lowest BCUT2D eigenvalue weighted by Crippen LogP contribution is -2.26. The lowest BCUT2D eigenvalue weighted by molar-refractivity contribution is -0.385. The van der Waals surface area contributed by atoms with Gasteiger partial charge in [-0.05, 0) is 11.8 Å². The van der Waals surface area contributed by atoms with Crippen LogP contribution in [0.1, 0.15) is 46.0 Å². The normalized spacial score (nSPS) is 14.9. The largest absolute Gasteiger partial charge is 0.493 e. The van der Waals surface area contributed by atoms with Crippen molar-refractivity contribution in [3.63, 3.8) is 0 Å². The predicted molar refractivity (Wildman–Crippen MR) is 103 cm³/mol. The minimum Gasteiger partial charge on any atom is -0.493 e. The van der Waals surface area contributed by atoms with Gasteiger partial charge in [0, 0.05) is 12.5 Å². The van der Waals surface area contributed by atoms with Crippen LogP contribution < -0.4 is 14.8 Å². The monoisotopic (exact) mass is 405 g/mol. The third-order valence-electron chi connectivity index (χ3n) is 4.40. The van der Waals surface area contributed by atoms with Crippen LogP contribution in [0.2, 0.25) is 0 Å². The summed E-state index contributed by atoms with van der Waals surface area (Å²) in [5.41, 5.74) is -0.166.